The largest absolute Gasteiger partial charge is 0.332 e. The van der Waals surface area contributed by atoms with Gasteiger partial charge in [-0.25, -0.2) is 4.98 Å². The summed E-state index contributed by atoms with van der Waals surface area (Å²) in [7, 11) is 1.95. The zero-order valence-electron chi connectivity index (χ0n) is 15.2. The van der Waals surface area contributed by atoms with Crippen LogP contribution in [-0.2, 0) is 18.3 Å². The van der Waals surface area contributed by atoms with Crippen LogP contribution in [0.5, 0.6) is 0 Å². The average Bonchev–Trinajstić information content (AvgIpc) is 3.32. The van der Waals surface area contributed by atoms with Gasteiger partial charge in [0.15, 0.2) is 5.78 Å². The molecule has 4 rings (SSSR count). The summed E-state index contributed by atoms with van der Waals surface area (Å²) in [5, 5.41) is 2.02. The minimum Gasteiger partial charge on any atom is -0.332 e. The number of nitrogens with zero attached hydrogens (tertiary/aromatic N) is 5. The molecule has 134 valence electrons. The molecule has 6 nitrogen and oxygen atoms in total. The van der Waals surface area contributed by atoms with Crippen molar-refractivity contribution in [1.29, 1.82) is 0 Å². The van der Waals surface area contributed by atoms with E-state index in [1.54, 1.807) is 18.7 Å². The van der Waals surface area contributed by atoms with Crippen LogP contribution in [0, 0.1) is 0 Å². The minimum atomic E-state index is -0.0301. The van der Waals surface area contributed by atoms with Gasteiger partial charge in [0.2, 0.25) is 0 Å². The number of hydrogen-bond donors (Lipinski definition) is 0. The van der Waals surface area contributed by atoms with E-state index in [4.69, 9.17) is 0 Å². The van der Waals surface area contributed by atoms with Crippen molar-refractivity contribution in [3.63, 3.8) is 0 Å². The Balaban J connectivity index is 1.58. The van der Waals surface area contributed by atoms with Crippen LogP contribution in [0.15, 0.2) is 37.1 Å². The molecular formula is C20H23N5O. The third kappa shape index (κ3) is 3.24. The third-order valence-electron chi connectivity index (χ3n) is 5.25. The molecule has 0 N–H and O–H groups in total. The lowest BCUT2D eigenvalue weighted by atomic mass is 10.1. The van der Waals surface area contributed by atoms with E-state index in [2.05, 4.69) is 19.9 Å². The van der Waals surface area contributed by atoms with E-state index in [-0.39, 0.29) is 11.8 Å². The summed E-state index contributed by atoms with van der Waals surface area (Å²) in [6.45, 7) is 4.06. The van der Waals surface area contributed by atoms with Gasteiger partial charge in [0.1, 0.15) is 0 Å². The van der Waals surface area contributed by atoms with Gasteiger partial charge in [-0.1, -0.05) is 0 Å². The molecule has 1 aliphatic heterocycles. The number of Topliss-reactive ketones (excluding diaryl/α,β-unsaturated/α-hetero) is 1. The number of rotatable bonds is 5. The van der Waals surface area contributed by atoms with Crippen LogP contribution < -0.4 is 0 Å². The Morgan fingerprint density at radius 1 is 1.12 bits per heavy atom. The van der Waals surface area contributed by atoms with E-state index in [1.807, 2.05) is 36.9 Å². The predicted octanol–water partition coefficient (Wildman–Crippen LogP) is 2.63. The molecular weight excluding hydrogens is 326 g/mol. The molecule has 1 atom stereocenters. The highest BCUT2D eigenvalue weighted by molar-refractivity contribution is 5.88. The number of pyridine rings is 2. The molecule has 4 heterocycles. The first-order valence-corrected chi connectivity index (χ1v) is 9.10. The van der Waals surface area contributed by atoms with Crippen molar-refractivity contribution in [2.75, 3.05) is 13.1 Å². The maximum absolute atomic E-state index is 12.6. The summed E-state index contributed by atoms with van der Waals surface area (Å²) in [6.07, 6.45) is 9.94. The van der Waals surface area contributed by atoms with E-state index >= 15 is 0 Å². The van der Waals surface area contributed by atoms with E-state index in [0.717, 1.165) is 40.9 Å². The molecule has 0 spiro atoms. The zero-order chi connectivity index (χ0) is 18.1. The molecule has 6 heteroatoms. The number of hydrogen-bond acceptors (Lipinski definition) is 5. The SMILES string of the molecule is CC(C(=O)Cc1cc2cc(-c3cncn3C)ncc2cn1)N1CCCC1. The van der Waals surface area contributed by atoms with Gasteiger partial charge in [-0.2, -0.15) is 0 Å². The fourth-order valence-corrected chi connectivity index (χ4v) is 3.58. The molecule has 0 bridgehead atoms. The standard InChI is InChI=1S/C20H23N5O/c1-14(25-5-3-4-6-25)20(26)9-17-7-15-8-18(19-12-21-13-24(19)2)23-11-16(15)10-22-17/h7-8,10-14H,3-6,9H2,1-2H3. The van der Waals surface area contributed by atoms with E-state index < -0.39 is 0 Å². The normalized spacial score (nSPS) is 16.2. The highest BCUT2D eigenvalue weighted by Crippen LogP contribution is 2.22. The quantitative estimate of drug-likeness (QED) is 0.708. The molecule has 1 saturated heterocycles. The lowest BCUT2D eigenvalue weighted by molar-refractivity contribution is -0.122. The Morgan fingerprint density at radius 2 is 1.88 bits per heavy atom. The maximum atomic E-state index is 12.6. The van der Waals surface area contributed by atoms with Gasteiger partial charge in [0, 0.05) is 30.5 Å². The molecule has 0 radical (unpaired) electrons. The summed E-state index contributed by atoms with van der Waals surface area (Å²) in [6, 6.07) is 4.01. The summed E-state index contributed by atoms with van der Waals surface area (Å²) in [5.74, 6) is 0.236. The van der Waals surface area contributed by atoms with Crippen molar-refractivity contribution < 1.29 is 4.79 Å². The lowest BCUT2D eigenvalue weighted by Gasteiger charge is -2.22. The smallest absolute Gasteiger partial charge is 0.155 e. The second kappa shape index (κ2) is 6.96. The highest BCUT2D eigenvalue weighted by atomic mass is 16.1. The number of imidazole rings is 1. The minimum absolute atomic E-state index is 0.0301. The van der Waals surface area contributed by atoms with Gasteiger partial charge in [-0.05, 0) is 50.4 Å². The van der Waals surface area contributed by atoms with Crippen LogP contribution in [0.2, 0.25) is 0 Å². The maximum Gasteiger partial charge on any atom is 0.155 e. The number of carbonyl (C=O) groups excluding carboxylic acids is 1. The van der Waals surface area contributed by atoms with E-state index in [1.165, 1.54) is 12.8 Å². The molecule has 26 heavy (non-hydrogen) atoms. The van der Waals surface area contributed by atoms with Gasteiger partial charge < -0.3 is 4.57 Å². The molecule has 0 saturated carbocycles. The Morgan fingerprint density at radius 3 is 2.62 bits per heavy atom. The first-order chi connectivity index (χ1) is 12.6. The summed E-state index contributed by atoms with van der Waals surface area (Å²) in [5.41, 5.74) is 2.64. The Hall–Kier alpha value is -2.60. The van der Waals surface area contributed by atoms with Gasteiger partial charge in [-0.3, -0.25) is 19.7 Å². The second-order valence-electron chi connectivity index (χ2n) is 7.04. The Kier molecular flexibility index (Phi) is 4.51. The molecule has 3 aromatic heterocycles. The van der Waals surface area contributed by atoms with Gasteiger partial charge >= 0.3 is 0 Å². The number of fused-ring (bicyclic) bond motifs is 1. The van der Waals surface area contributed by atoms with Crippen molar-refractivity contribution >= 4 is 16.6 Å². The van der Waals surface area contributed by atoms with Crippen molar-refractivity contribution in [2.24, 2.45) is 7.05 Å². The predicted molar refractivity (Wildman–Crippen MR) is 101 cm³/mol. The topological polar surface area (TPSA) is 63.9 Å². The van der Waals surface area contributed by atoms with Crippen molar-refractivity contribution in [3.05, 3.63) is 42.7 Å². The van der Waals surface area contributed by atoms with E-state index in [9.17, 15) is 4.79 Å². The molecule has 1 fully saturated rings. The van der Waals surface area contributed by atoms with Crippen LogP contribution in [0.3, 0.4) is 0 Å². The fourth-order valence-electron chi connectivity index (χ4n) is 3.58. The Labute approximate surface area is 152 Å². The fraction of sp³-hybridized carbons (Fsp3) is 0.400. The molecule has 0 aromatic carbocycles. The lowest BCUT2D eigenvalue weighted by Crippen LogP contribution is -2.37. The first-order valence-electron chi connectivity index (χ1n) is 9.10. The number of ketones is 1. The number of aryl methyl sites for hydroxylation is 1. The number of aromatic nitrogens is 4. The van der Waals surface area contributed by atoms with Crippen LogP contribution in [0.1, 0.15) is 25.5 Å². The number of likely N-dealkylation sites (tertiary alicyclic amines) is 1. The molecule has 1 aliphatic rings. The zero-order valence-corrected chi connectivity index (χ0v) is 15.2. The highest BCUT2D eigenvalue weighted by Gasteiger charge is 2.24. The third-order valence-corrected chi connectivity index (χ3v) is 5.25. The summed E-state index contributed by atoms with van der Waals surface area (Å²) in [4.78, 5) is 28.0. The van der Waals surface area contributed by atoms with Gasteiger partial charge in [0.25, 0.3) is 0 Å². The Bertz CT molecular complexity index is 942. The average molecular weight is 349 g/mol. The second-order valence-corrected chi connectivity index (χ2v) is 7.04. The van der Waals surface area contributed by atoms with Crippen molar-refractivity contribution in [1.82, 2.24) is 24.4 Å². The summed E-state index contributed by atoms with van der Waals surface area (Å²) >= 11 is 0. The van der Waals surface area contributed by atoms with Gasteiger partial charge in [-0.15, -0.1) is 0 Å². The first kappa shape index (κ1) is 16.8. The monoisotopic (exact) mass is 349 g/mol. The van der Waals surface area contributed by atoms with Gasteiger partial charge in [0.05, 0.1) is 36.4 Å². The van der Waals surface area contributed by atoms with Crippen LogP contribution in [-0.4, -0.2) is 49.3 Å². The molecule has 0 aliphatic carbocycles. The molecule has 3 aromatic rings. The summed E-state index contributed by atoms with van der Waals surface area (Å²) < 4.78 is 1.94. The van der Waals surface area contributed by atoms with Crippen LogP contribution >= 0.6 is 0 Å². The molecule has 1 unspecified atom stereocenters. The number of carbonyl (C=O) groups is 1. The van der Waals surface area contributed by atoms with Crippen molar-refractivity contribution in [3.8, 4) is 11.4 Å². The molecule has 0 amide bonds. The van der Waals surface area contributed by atoms with E-state index in [0.29, 0.717) is 6.42 Å². The van der Waals surface area contributed by atoms with Crippen LogP contribution in [0.4, 0.5) is 0 Å². The van der Waals surface area contributed by atoms with Crippen LogP contribution in [0.25, 0.3) is 22.2 Å². The van der Waals surface area contributed by atoms with Crippen molar-refractivity contribution in [2.45, 2.75) is 32.2 Å².